The Hall–Kier alpha value is -1.94. The number of ether oxygens (including phenoxy) is 1. The Balaban J connectivity index is 1.37. The maximum absolute atomic E-state index is 5.61. The first-order valence-corrected chi connectivity index (χ1v) is 9.05. The number of para-hydroxylation sites is 2. The number of fused-ring (bicyclic) bond motifs is 1. The fourth-order valence-corrected chi connectivity index (χ4v) is 4.12. The van der Waals surface area contributed by atoms with Crippen molar-refractivity contribution in [3.8, 4) is 5.75 Å². The van der Waals surface area contributed by atoms with Gasteiger partial charge in [0.2, 0.25) is 0 Å². The number of aryl methyl sites for hydroxylation is 1. The first kappa shape index (κ1) is 15.6. The van der Waals surface area contributed by atoms with Crippen LogP contribution in [0.3, 0.4) is 0 Å². The fourth-order valence-electron chi connectivity index (χ4n) is 4.12. The molecule has 2 aromatic rings. The number of nitrogens with zero attached hydrogens (tertiary/aromatic N) is 1. The van der Waals surface area contributed by atoms with Gasteiger partial charge in [-0.2, -0.15) is 0 Å². The van der Waals surface area contributed by atoms with E-state index in [1.807, 2.05) is 18.4 Å². The Bertz CT molecular complexity index is 674. The lowest BCUT2D eigenvalue weighted by atomic mass is 9.91. The molecule has 1 aromatic heterocycles. The summed E-state index contributed by atoms with van der Waals surface area (Å²) in [4.78, 5) is 2.45. The molecule has 1 atom stereocenters. The molecule has 0 saturated carbocycles. The Morgan fingerprint density at radius 1 is 1.12 bits per heavy atom. The van der Waals surface area contributed by atoms with Gasteiger partial charge in [0.05, 0.1) is 19.1 Å². The van der Waals surface area contributed by atoms with Crippen molar-refractivity contribution in [2.24, 2.45) is 0 Å². The number of furan rings is 1. The number of benzene rings is 1. The molecular weight excluding hydrogens is 300 g/mol. The van der Waals surface area contributed by atoms with Crippen molar-refractivity contribution in [3.05, 3.63) is 47.9 Å². The third-order valence-electron chi connectivity index (χ3n) is 5.41. The molecule has 4 heteroatoms. The molecule has 0 spiro atoms. The van der Waals surface area contributed by atoms with Crippen molar-refractivity contribution < 1.29 is 9.15 Å². The van der Waals surface area contributed by atoms with E-state index in [0.717, 1.165) is 25.3 Å². The van der Waals surface area contributed by atoms with Crippen LogP contribution in [0.2, 0.25) is 0 Å². The Kier molecular flexibility index (Phi) is 4.48. The number of anilines is 1. The highest BCUT2D eigenvalue weighted by Gasteiger charge is 2.27. The molecule has 2 aliphatic rings. The number of nitrogens with one attached hydrogen (secondary N) is 1. The molecule has 2 heterocycles. The molecule has 128 valence electrons. The maximum Gasteiger partial charge on any atom is 0.142 e. The second kappa shape index (κ2) is 6.89. The lowest BCUT2D eigenvalue weighted by Gasteiger charge is -2.37. The number of rotatable bonds is 4. The van der Waals surface area contributed by atoms with E-state index in [2.05, 4.69) is 28.4 Å². The van der Waals surface area contributed by atoms with Gasteiger partial charge in [-0.1, -0.05) is 12.1 Å². The van der Waals surface area contributed by atoms with Crippen molar-refractivity contribution >= 4 is 5.69 Å². The van der Waals surface area contributed by atoms with E-state index in [0.29, 0.717) is 12.1 Å². The summed E-state index contributed by atoms with van der Waals surface area (Å²) < 4.78 is 11.1. The highest BCUT2D eigenvalue weighted by Crippen LogP contribution is 2.33. The molecule has 4 nitrogen and oxygen atoms in total. The van der Waals surface area contributed by atoms with Gasteiger partial charge in [-0.15, -0.1) is 0 Å². The normalized spacial score (nSPS) is 21.5. The lowest BCUT2D eigenvalue weighted by Crippen LogP contribution is -2.44. The van der Waals surface area contributed by atoms with Crippen molar-refractivity contribution in [1.29, 1.82) is 0 Å². The summed E-state index contributed by atoms with van der Waals surface area (Å²) in [6.45, 7) is 2.14. The van der Waals surface area contributed by atoms with Crippen molar-refractivity contribution in [2.45, 2.75) is 44.2 Å². The van der Waals surface area contributed by atoms with E-state index in [9.17, 15) is 0 Å². The van der Waals surface area contributed by atoms with E-state index in [1.165, 1.54) is 42.7 Å². The third-order valence-corrected chi connectivity index (χ3v) is 5.41. The van der Waals surface area contributed by atoms with E-state index in [4.69, 9.17) is 9.15 Å². The number of piperidine rings is 1. The number of hydrogen-bond donors (Lipinski definition) is 1. The van der Waals surface area contributed by atoms with Crippen LogP contribution in [0.1, 0.15) is 43.0 Å². The molecule has 1 N–H and O–H groups in total. The van der Waals surface area contributed by atoms with Crippen molar-refractivity contribution in [3.63, 3.8) is 0 Å². The van der Waals surface area contributed by atoms with Gasteiger partial charge in [0.25, 0.3) is 0 Å². The summed E-state index contributed by atoms with van der Waals surface area (Å²) in [6, 6.07) is 11.5. The van der Waals surface area contributed by atoms with Crippen LogP contribution in [-0.2, 0) is 6.42 Å². The molecule has 1 aliphatic carbocycles. The van der Waals surface area contributed by atoms with E-state index < -0.39 is 0 Å². The monoisotopic (exact) mass is 326 g/mol. The van der Waals surface area contributed by atoms with Crippen LogP contribution in [0.15, 0.2) is 41.0 Å². The predicted octanol–water partition coefficient (Wildman–Crippen LogP) is 3.92. The topological polar surface area (TPSA) is 37.6 Å². The number of hydrogen-bond acceptors (Lipinski definition) is 4. The van der Waals surface area contributed by atoms with Crippen LogP contribution in [0, 0.1) is 0 Å². The van der Waals surface area contributed by atoms with Crippen LogP contribution in [0.4, 0.5) is 5.69 Å². The van der Waals surface area contributed by atoms with Gasteiger partial charge in [-0.25, -0.2) is 0 Å². The molecule has 0 bridgehead atoms. The molecule has 1 aromatic carbocycles. The number of methoxy groups -OCH3 is 1. The molecule has 1 aliphatic heterocycles. The summed E-state index contributed by atoms with van der Waals surface area (Å²) in [7, 11) is 1.75. The standard InChI is InChI=1S/C20H26N2O2/c1-23-20-7-3-2-6-18(20)22-12-9-15(10-13-22)21-17-5-4-8-19-16(17)11-14-24-19/h2-3,6-7,11,14-15,17,21H,4-5,8-10,12-13H2,1H3. The van der Waals surface area contributed by atoms with Crippen LogP contribution < -0.4 is 15.0 Å². The Morgan fingerprint density at radius 3 is 2.79 bits per heavy atom. The van der Waals surface area contributed by atoms with Crippen molar-refractivity contribution in [2.75, 3.05) is 25.1 Å². The van der Waals surface area contributed by atoms with Gasteiger partial charge in [0.1, 0.15) is 11.5 Å². The Morgan fingerprint density at radius 2 is 1.96 bits per heavy atom. The molecular formula is C20H26N2O2. The molecule has 4 rings (SSSR count). The lowest BCUT2D eigenvalue weighted by molar-refractivity contribution is 0.334. The summed E-state index contributed by atoms with van der Waals surface area (Å²) in [5, 5.41) is 3.88. The minimum Gasteiger partial charge on any atom is -0.495 e. The second-order valence-corrected chi connectivity index (χ2v) is 6.84. The summed E-state index contributed by atoms with van der Waals surface area (Å²) in [5.74, 6) is 2.16. The molecule has 0 amide bonds. The highest BCUT2D eigenvalue weighted by molar-refractivity contribution is 5.58. The minimum atomic E-state index is 0.468. The SMILES string of the molecule is COc1ccccc1N1CCC(NC2CCCc3occc32)CC1. The van der Waals surface area contributed by atoms with Gasteiger partial charge < -0.3 is 19.4 Å². The molecule has 24 heavy (non-hydrogen) atoms. The van der Waals surface area contributed by atoms with Gasteiger partial charge in [0, 0.05) is 37.2 Å². The predicted molar refractivity (Wildman–Crippen MR) is 95.8 cm³/mol. The maximum atomic E-state index is 5.61. The van der Waals surface area contributed by atoms with Gasteiger partial charge in [0.15, 0.2) is 0 Å². The Labute approximate surface area is 143 Å². The molecule has 1 fully saturated rings. The summed E-state index contributed by atoms with van der Waals surface area (Å²) >= 11 is 0. The smallest absolute Gasteiger partial charge is 0.142 e. The second-order valence-electron chi connectivity index (χ2n) is 6.84. The van der Waals surface area contributed by atoms with Crippen molar-refractivity contribution in [1.82, 2.24) is 5.32 Å². The zero-order valence-corrected chi connectivity index (χ0v) is 14.3. The van der Waals surface area contributed by atoms with Crippen LogP contribution in [0.5, 0.6) is 5.75 Å². The average molecular weight is 326 g/mol. The van der Waals surface area contributed by atoms with E-state index in [-0.39, 0.29) is 0 Å². The van der Waals surface area contributed by atoms with E-state index in [1.54, 1.807) is 7.11 Å². The zero-order chi connectivity index (χ0) is 16.4. The van der Waals surface area contributed by atoms with Gasteiger partial charge in [-0.3, -0.25) is 0 Å². The summed E-state index contributed by atoms with van der Waals surface area (Å²) in [5.41, 5.74) is 2.60. The summed E-state index contributed by atoms with van der Waals surface area (Å²) in [6.07, 6.45) is 7.71. The van der Waals surface area contributed by atoms with Crippen LogP contribution in [-0.4, -0.2) is 26.2 Å². The van der Waals surface area contributed by atoms with Crippen LogP contribution >= 0.6 is 0 Å². The minimum absolute atomic E-state index is 0.468. The van der Waals surface area contributed by atoms with Gasteiger partial charge >= 0.3 is 0 Å². The fraction of sp³-hybridized carbons (Fsp3) is 0.500. The molecule has 1 saturated heterocycles. The van der Waals surface area contributed by atoms with E-state index >= 15 is 0 Å². The quantitative estimate of drug-likeness (QED) is 0.924. The third kappa shape index (κ3) is 3.03. The average Bonchev–Trinajstić information content (AvgIpc) is 3.12. The van der Waals surface area contributed by atoms with Gasteiger partial charge in [-0.05, 0) is 43.9 Å². The molecule has 1 unspecified atom stereocenters. The largest absolute Gasteiger partial charge is 0.495 e. The zero-order valence-electron chi connectivity index (χ0n) is 14.3. The first-order valence-electron chi connectivity index (χ1n) is 9.05. The molecule has 0 radical (unpaired) electrons. The highest BCUT2D eigenvalue weighted by atomic mass is 16.5. The van der Waals surface area contributed by atoms with Crippen LogP contribution in [0.25, 0.3) is 0 Å². The first-order chi connectivity index (χ1) is 11.8.